The van der Waals surface area contributed by atoms with Crippen LogP contribution < -0.4 is 0 Å². The van der Waals surface area contributed by atoms with Gasteiger partial charge in [0.25, 0.3) is 11.8 Å². The predicted molar refractivity (Wildman–Crippen MR) is 52.2 cm³/mol. The summed E-state index contributed by atoms with van der Waals surface area (Å²) in [6.07, 6.45) is -1.20. The van der Waals surface area contributed by atoms with Crippen molar-refractivity contribution < 1.29 is 36.1 Å². The van der Waals surface area contributed by atoms with Gasteiger partial charge in [-0.3, -0.25) is 9.05 Å². The van der Waals surface area contributed by atoms with E-state index in [0.717, 1.165) is 13.8 Å². The summed E-state index contributed by atoms with van der Waals surface area (Å²) in [5, 5.41) is 0. The lowest BCUT2D eigenvalue weighted by Gasteiger charge is -2.19. The van der Waals surface area contributed by atoms with Crippen molar-refractivity contribution in [2.24, 2.45) is 0 Å². The minimum Gasteiger partial charge on any atom is -0.302 e. The van der Waals surface area contributed by atoms with Crippen LogP contribution in [0.15, 0.2) is 0 Å². The van der Waals surface area contributed by atoms with Crippen LogP contribution in [-0.4, -0.2) is 30.0 Å². The molecule has 0 atom stereocenters. The second-order valence-corrected chi connectivity index (χ2v) is 4.89. The highest BCUT2D eigenvalue weighted by atomic mass is 31.2. The molecule has 0 aromatic rings. The van der Waals surface area contributed by atoms with Crippen molar-refractivity contribution in [3.8, 4) is 0 Å². The first-order valence-corrected chi connectivity index (χ1v) is 6.40. The molecule has 0 aromatic carbocycles. The van der Waals surface area contributed by atoms with E-state index in [0.29, 0.717) is 0 Å². The van der Waals surface area contributed by atoms with E-state index in [4.69, 9.17) is 4.89 Å². The van der Waals surface area contributed by atoms with Gasteiger partial charge in [-0.1, -0.05) is 13.8 Å². The molecule has 0 aliphatic carbocycles. The fourth-order valence-corrected chi connectivity index (χ4v) is 1.37. The van der Waals surface area contributed by atoms with E-state index in [2.05, 4.69) is 9.05 Å². The Bertz CT molecular complexity index is 261. The highest BCUT2D eigenvalue weighted by Gasteiger charge is 2.36. The molecule has 0 heterocycles. The number of alkyl halides is 4. The maximum absolute atomic E-state index is 12.7. The molecule has 17 heavy (non-hydrogen) atoms. The van der Waals surface area contributed by atoms with E-state index in [9.17, 15) is 22.1 Å². The summed E-state index contributed by atoms with van der Waals surface area (Å²) >= 11 is 0. The van der Waals surface area contributed by atoms with E-state index >= 15 is 0 Å². The molecule has 0 saturated heterocycles. The van der Waals surface area contributed by atoms with Gasteiger partial charge in [0, 0.05) is 12.8 Å². The lowest BCUT2D eigenvalue weighted by molar-refractivity contribution is -0.0714. The van der Waals surface area contributed by atoms with Gasteiger partial charge in [-0.2, -0.15) is 0 Å². The van der Waals surface area contributed by atoms with Crippen molar-refractivity contribution in [1.29, 1.82) is 0 Å². The van der Waals surface area contributed by atoms with E-state index in [-0.39, 0.29) is 0 Å². The molecular formula is C8H15F4O4P. The van der Waals surface area contributed by atoms with Crippen LogP contribution in [0.3, 0.4) is 0 Å². The quantitative estimate of drug-likeness (QED) is 0.548. The van der Waals surface area contributed by atoms with Gasteiger partial charge in [-0.25, -0.2) is 22.1 Å². The first-order chi connectivity index (χ1) is 7.54. The van der Waals surface area contributed by atoms with E-state index in [1.165, 1.54) is 0 Å². The minimum atomic E-state index is -4.87. The molecule has 0 unspecified atom stereocenters. The number of halogens is 4. The van der Waals surface area contributed by atoms with Gasteiger partial charge in [-0.15, -0.1) is 0 Å². The van der Waals surface area contributed by atoms with Crippen LogP contribution >= 0.6 is 7.82 Å². The Morgan fingerprint density at radius 3 is 1.53 bits per heavy atom. The van der Waals surface area contributed by atoms with Crippen LogP contribution in [0.25, 0.3) is 0 Å². The van der Waals surface area contributed by atoms with Gasteiger partial charge < -0.3 is 4.89 Å². The molecule has 0 saturated carbocycles. The first kappa shape index (κ1) is 16.8. The number of phosphoric acid groups is 1. The van der Waals surface area contributed by atoms with E-state index in [1.54, 1.807) is 0 Å². The third kappa shape index (κ3) is 7.70. The van der Waals surface area contributed by atoms with Crippen molar-refractivity contribution in [2.75, 3.05) is 13.2 Å². The van der Waals surface area contributed by atoms with E-state index < -0.39 is 45.7 Å². The highest BCUT2D eigenvalue weighted by Crippen LogP contribution is 2.45. The Morgan fingerprint density at radius 2 is 1.29 bits per heavy atom. The Morgan fingerprint density at radius 1 is 1.00 bits per heavy atom. The smallest absolute Gasteiger partial charge is 0.302 e. The zero-order valence-electron chi connectivity index (χ0n) is 9.46. The molecule has 1 N–H and O–H groups in total. The third-order valence-corrected chi connectivity index (χ3v) is 2.82. The van der Waals surface area contributed by atoms with Crippen molar-refractivity contribution in [2.45, 2.75) is 38.5 Å². The number of hydrogen-bond donors (Lipinski definition) is 1. The first-order valence-electron chi connectivity index (χ1n) is 4.91. The number of hydrogen-bond acceptors (Lipinski definition) is 3. The number of rotatable bonds is 8. The Hall–Kier alpha value is -0.170. The lowest BCUT2D eigenvalue weighted by atomic mass is 10.3. The van der Waals surface area contributed by atoms with Gasteiger partial charge in [0.05, 0.1) is 0 Å². The van der Waals surface area contributed by atoms with Crippen molar-refractivity contribution in [3.63, 3.8) is 0 Å². The summed E-state index contributed by atoms with van der Waals surface area (Å²) in [4.78, 5) is 8.88. The van der Waals surface area contributed by atoms with Gasteiger partial charge in [0.2, 0.25) is 0 Å². The van der Waals surface area contributed by atoms with Crippen LogP contribution in [0.2, 0.25) is 0 Å². The average Bonchev–Trinajstić information content (AvgIpc) is 2.25. The van der Waals surface area contributed by atoms with Gasteiger partial charge in [0.1, 0.15) is 13.2 Å². The third-order valence-electron chi connectivity index (χ3n) is 1.91. The summed E-state index contributed by atoms with van der Waals surface area (Å²) in [5.74, 6) is -6.59. The van der Waals surface area contributed by atoms with Crippen molar-refractivity contribution in [1.82, 2.24) is 0 Å². The molecule has 0 bridgehead atoms. The minimum absolute atomic E-state index is 0.599. The molecule has 0 radical (unpaired) electrons. The summed E-state index contributed by atoms with van der Waals surface area (Å²) in [6, 6.07) is 0. The van der Waals surface area contributed by atoms with Crippen molar-refractivity contribution >= 4 is 7.82 Å². The topological polar surface area (TPSA) is 55.8 Å². The lowest BCUT2D eigenvalue weighted by Crippen LogP contribution is -2.24. The molecule has 0 spiro atoms. The molecule has 0 aromatic heterocycles. The number of phosphoric ester groups is 1. The molecule has 0 aliphatic heterocycles. The highest BCUT2D eigenvalue weighted by molar-refractivity contribution is 7.47. The fourth-order valence-electron chi connectivity index (χ4n) is 0.593. The van der Waals surface area contributed by atoms with Gasteiger partial charge >= 0.3 is 7.82 Å². The van der Waals surface area contributed by atoms with Crippen molar-refractivity contribution in [3.05, 3.63) is 0 Å². The van der Waals surface area contributed by atoms with Crippen LogP contribution in [0.4, 0.5) is 17.6 Å². The summed E-state index contributed by atoms with van der Waals surface area (Å²) < 4.78 is 69.5. The Kier molecular flexibility index (Phi) is 6.07. The van der Waals surface area contributed by atoms with Crippen LogP contribution in [0.1, 0.15) is 26.7 Å². The average molecular weight is 282 g/mol. The monoisotopic (exact) mass is 282 g/mol. The maximum Gasteiger partial charge on any atom is 0.472 e. The Balaban J connectivity index is 4.18. The summed E-state index contributed by atoms with van der Waals surface area (Å²) in [6.45, 7) is -0.403. The van der Waals surface area contributed by atoms with Crippen LogP contribution in [-0.2, 0) is 13.6 Å². The van der Waals surface area contributed by atoms with Crippen LogP contribution in [0, 0.1) is 0 Å². The molecular weight excluding hydrogens is 267 g/mol. The van der Waals surface area contributed by atoms with Gasteiger partial charge in [-0.05, 0) is 0 Å². The largest absolute Gasteiger partial charge is 0.472 e. The standard InChI is InChI=1S/C8H15F4O4P/c1-3-7(9,10)5-15-17(13,14)16-6-8(11,12)4-2/h3-6H2,1-2H3,(H,13,14). The zero-order chi connectivity index (χ0) is 13.7. The SMILES string of the molecule is CCC(F)(F)COP(=O)(O)OCC(F)(F)CC. The normalized spacial score (nSPS) is 14.1. The second kappa shape index (κ2) is 6.13. The molecule has 104 valence electrons. The zero-order valence-corrected chi connectivity index (χ0v) is 10.4. The fraction of sp³-hybridized carbons (Fsp3) is 1.00. The predicted octanol–water partition coefficient (Wildman–Crippen LogP) is 3.21. The summed E-state index contributed by atoms with van der Waals surface area (Å²) in [5.41, 5.74) is 0. The van der Waals surface area contributed by atoms with Gasteiger partial charge in [0.15, 0.2) is 0 Å². The molecule has 0 amide bonds. The summed E-state index contributed by atoms with van der Waals surface area (Å²) in [7, 11) is -4.87. The van der Waals surface area contributed by atoms with Crippen LogP contribution in [0.5, 0.6) is 0 Å². The molecule has 9 heteroatoms. The second-order valence-electron chi connectivity index (χ2n) is 3.43. The molecule has 0 rings (SSSR count). The molecule has 0 fully saturated rings. The van der Waals surface area contributed by atoms with E-state index in [1.807, 2.05) is 0 Å². The molecule has 4 nitrogen and oxygen atoms in total. The maximum atomic E-state index is 12.7. The molecule has 0 aliphatic rings. The Labute approximate surface area is 96.5 Å².